The number of halogens is 1. The van der Waals surface area contributed by atoms with Gasteiger partial charge < -0.3 is 15.4 Å². The second-order valence-electron chi connectivity index (χ2n) is 9.62. The molecule has 1 aromatic heterocycles. The van der Waals surface area contributed by atoms with Crippen molar-refractivity contribution in [2.45, 2.75) is 23.8 Å². The molecule has 0 unspecified atom stereocenters. The number of fused-ring (bicyclic) bond motifs is 1. The molecule has 5 aromatic rings. The van der Waals surface area contributed by atoms with Crippen LogP contribution in [0.4, 0.5) is 0 Å². The first-order valence-corrected chi connectivity index (χ1v) is 15.0. The van der Waals surface area contributed by atoms with E-state index in [0.29, 0.717) is 18.0 Å². The van der Waals surface area contributed by atoms with Crippen LogP contribution in [-0.4, -0.2) is 36.4 Å². The zero-order chi connectivity index (χ0) is 28.3. The monoisotopic (exact) mass is 572 g/mol. The van der Waals surface area contributed by atoms with Crippen LogP contribution in [0.5, 0.6) is 0 Å². The fourth-order valence-electron chi connectivity index (χ4n) is 5.31. The highest BCUT2D eigenvalue weighted by atomic mass is 35.5. The van der Waals surface area contributed by atoms with E-state index in [1.54, 1.807) is 0 Å². The van der Waals surface area contributed by atoms with E-state index in [-0.39, 0.29) is 28.7 Å². The topological polar surface area (TPSA) is 102 Å². The molecule has 6 nitrogen and oxygen atoms in total. The minimum atomic E-state index is -3.69. The van der Waals surface area contributed by atoms with Crippen LogP contribution in [0.2, 0.25) is 5.02 Å². The summed E-state index contributed by atoms with van der Waals surface area (Å²) in [5.41, 5.74) is 11.2. The Morgan fingerprint density at radius 3 is 2.00 bits per heavy atom. The van der Waals surface area contributed by atoms with Crippen LogP contribution in [0.3, 0.4) is 0 Å². The van der Waals surface area contributed by atoms with Gasteiger partial charge in [0, 0.05) is 28.0 Å². The first-order chi connectivity index (χ1) is 19.3. The number of hydrogen-bond acceptors (Lipinski definition) is 4. The molecule has 0 saturated heterocycles. The van der Waals surface area contributed by atoms with Crippen LogP contribution in [-0.2, 0) is 22.7 Å². The van der Waals surface area contributed by atoms with Crippen molar-refractivity contribution in [2.24, 2.45) is 5.73 Å². The number of aryl methyl sites for hydroxylation is 1. The van der Waals surface area contributed by atoms with Gasteiger partial charge in [0.05, 0.1) is 22.3 Å². The van der Waals surface area contributed by atoms with Gasteiger partial charge in [0.2, 0.25) is 0 Å². The maximum atomic E-state index is 13.3. The van der Waals surface area contributed by atoms with Crippen LogP contribution in [0.1, 0.15) is 38.8 Å². The SMILES string of the molecule is NCCc1c(CCS(=O)(=O)c2ccc(C(=O)O)cc2)c2cc(Cl)ccc2n1C(c1ccccc1)c1ccccc1. The number of sulfone groups is 1. The Labute approximate surface area is 238 Å². The van der Waals surface area contributed by atoms with Crippen LogP contribution in [0.15, 0.2) is 108 Å². The Hall–Kier alpha value is -3.91. The molecule has 0 atom stereocenters. The molecule has 40 heavy (non-hydrogen) atoms. The minimum absolute atomic E-state index is 0.0368. The summed E-state index contributed by atoms with van der Waals surface area (Å²) in [6, 6.07) is 31.3. The van der Waals surface area contributed by atoms with Crippen molar-refractivity contribution < 1.29 is 18.3 Å². The van der Waals surface area contributed by atoms with Crippen LogP contribution in [0.25, 0.3) is 10.9 Å². The van der Waals surface area contributed by atoms with Gasteiger partial charge in [-0.2, -0.15) is 0 Å². The summed E-state index contributed by atoms with van der Waals surface area (Å²) >= 11 is 6.47. The van der Waals surface area contributed by atoms with Crippen LogP contribution < -0.4 is 5.73 Å². The van der Waals surface area contributed by atoms with Crippen molar-refractivity contribution in [2.75, 3.05) is 12.3 Å². The lowest BCUT2D eigenvalue weighted by molar-refractivity contribution is 0.0696. The summed E-state index contributed by atoms with van der Waals surface area (Å²) in [5.74, 6) is -1.25. The van der Waals surface area contributed by atoms with Crippen LogP contribution >= 0.6 is 11.6 Å². The van der Waals surface area contributed by atoms with E-state index in [1.165, 1.54) is 24.3 Å². The van der Waals surface area contributed by atoms with Gasteiger partial charge in [0.15, 0.2) is 9.84 Å². The van der Waals surface area contributed by atoms with E-state index in [2.05, 4.69) is 28.8 Å². The first kappa shape index (κ1) is 27.6. The Morgan fingerprint density at radius 2 is 1.45 bits per heavy atom. The number of benzene rings is 4. The van der Waals surface area contributed by atoms with E-state index in [1.807, 2.05) is 54.6 Å². The zero-order valence-corrected chi connectivity index (χ0v) is 23.3. The highest BCUT2D eigenvalue weighted by Crippen LogP contribution is 2.38. The Kier molecular flexibility index (Phi) is 8.07. The Morgan fingerprint density at radius 1 is 0.850 bits per heavy atom. The summed E-state index contributed by atoms with van der Waals surface area (Å²) in [5, 5.41) is 10.6. The van der Waals surface area contributed by atoms with Crippen molar-refractivity contribution in [3.05, 3.63) is 136 Å². The molecule has 0 fully saturated rings. The molecule has 0 radical (unpaired) electrons. The van der Waals surface area contributed by atoms with Gasteiger partial charge in [-0.1, -0.05) is 72.3 Å². The van der Waals surface area contributed by atoms with Crippen molar-refractivity contribution in [1.29, 1.82) is 0 Å². The molecule has 1 heterocycles. The van der Waals surface area contributed by atoms with E-state index in [4.69, 9.17) is 17.3 Å². The molecule has 0 aliphatic heterocycles. The summed E-state index contributed by atoms with van der Waals surface area (Å²) in [6.45, 7) is 0.386. The van der Waals surface area contributed by atoms with Crippen molar-refractivity contribution in [3.8, 4) is 0 Å². The van der Waals surface area contributed by atoms with E-state index in [0.717, 1.165) is 33.3 Å². The normalized spacial score (nSPS) is 11.8. The zero-order valence-electron chi connectivity index (χ0n) is 21.7. The smallest absolute Gasteiger partial charge is 0.335 e. The third kappa shape index (κ3) is 5.54. The largest absolute Gasteiger partial charge is 0.478 e. The van der Waals surface area contributed by atoms with E-state index in [9.17, 15) is 18.3 Å². The molecular formula is C32H29ClN2O4S. The highest BCUT2D eigenvalue weighted by molar-refractivity contribution is 7.91. The second-order valence-corrected chi connectivity index (χ2v) is 12.2. The van der Waals surface area contributed by atoms with Crippen molar-refractivity contribution in [1.82, 2.24) is 4.57 Å². The van der Waals surface area contributed by atoms with Crippen molar-refractivity contribution >= 4 is 38.3 Å². The fourth-order valence-corrected chi connectivity index (χ4v) is 6.74. The molecule has 0 spiro atoms. The molecule has 0 aliphatic rings. The predicted octanol–water partition coefficient (Wildman–Crippen LogP) is 6.15. The molecular weight excluding hydrogens is 544 g/mol. The van der Waals surface area contributed by atoms with Gasteiger partial charge in [-0.05, 0) is 72.1 Å². The average molecular weight is 573 g/mol. The molecule has 8 heteroatoms. The number of carbonyl (C=O) groups is 1. The maximum absolute atomic E-state index is 13.3. The molecule has 5 rings (SSSR count). The van der Waals surface area contributed by atoms with Gasteiger partial charge in [0.25, 0.3) is 0 Å². The molecule has 204 valence electrons. The summed E-state index contributed by atoms with van der Waals surface area (Å²) in [6.07, 6.45) is 0.795. The van der Waals surface area contributed by atoms with Gasteiger partial charge in [-0.25, -0.2) is 13.2 Å². The maximum Gasteiger partial charge on any atom is 0.335 e. The number of rotatable bonds is 10. The Balaban J connectivity index is 1.65. The van der Waals surface area contributed by atoms with Gasteiger partial charge in [-0.3, -0.25) is 0 Å². The van der Waals surface area contributed by atoms with Gasteiger partial charge >= 0.3 is 5.97 Å². The number of nitrogens with zero attached hydrogens (tertiary/aromatic N) is 1. The molecule has 0 amide bonds. The minimum Gasteiger partial charge on any atom is -0.478 e. The number of carboxylic acid groups (broad SMARTS) is 1. The fraction of sp³-hybridized carbons (Fsp3) is 0.156. The van der Waals surface area contributed by atoms with Crippen molar-refractivity contribution in [3.63, 3.8) is 0 Å². The molecule has 0 aliphatic carbocycles. The number of hydrogen-bond donors (Lipinski definition) is 2. The van der Waals surface area contributed by atoms with Gasteiger partial charge in [-0.15, -0.1) is 0 Å². The Bertz CT molecular complexity index is 1710. The number of nitrogens with two attached hydrogens (primary N) is 1. The summed E-state index contributed by atoms with van der Waals surface area (Å²) in [4.78, 5) is 11.3. The lowest BCUT2D eigenvalue weighted by Crippen LogP contribution is -2.18. The average Bonchev–Trinajstić information content (AvgIpc) is 3.25. The standard InChI is InChI=1S/C32H29ClN2O4S/c33-25-13-16-29-28(21-25)27(18-20-40(38,39)26-14-11-24(12-15-26)32(36)37)30(17-19-34)35(29)31(22-7-3-1-4-8-22)23-9-5-2-6-10-23/h1-16,21,31H,17-20,34H2,(H,36,37). The lowest BCUT2D eigenvalue weighted by Gasteiger charge is -2.25. The summed E-state index contributed by atoms with van der Waals surface area (Å²) < 4.78 is 28.9. The molecule has 3 N–H and O–H groups in total. The number of carboxylic acids is 1. The molecule has 4 aromatic carbocycles. The number of aromatic carboxylic acids is 1. The summed E-state index contributed by atoms with van der Waals surface area (Å²) in [7, 11) is -3.69. The second kappa shape index (κ2) is 11.7. The van der Waals surface area contributed by atoms with Crippen LogP contribution in [0, 0.1) is 0 Å². The quantitative estimate of drug-likeness (QED) is 0.209. The number of aromatic nitrogens is 1. The van der Waals surface area contributed by atoms with E-state index < -0.39 is 15.8 Å². The third-order valence-corrected chi connectivity index (χ3v) is 9.10. The van der Waals surface area contributed by atoms with E-state index >= 15 is 0 Å². The first-order valence-electron chi connectivity index (χ1n) is 13.0. The molecule has 0 saturated carbocycles. The lowest BCUT2D eigenvalue weighted by atomic mass is 9.97. The predicted molar refractivity (Wildman–Crippen MR) is 159 cm³/mol. The highest BCUT2D eigenvalue weighted by Gasteiger charge is 2.26. The molecule has 0 bridgehead atoms. The third-order valence-electron chi connectivity index (χ3n) is 7.13. The van der Waals surface area contributed by atoms with Gasteiger partial charge in [0.1, 0.15) is 0 Å².